The fourth-order valence-corrected chi connectivity index (χ4v) is 2.63. The summed E-state index contributed by atoms with van der Waals surface area (Å²) in [6, 6.07) is 0.450. The van der Waals surface area contributed by atoms with Crippen molar-refractivity contribution in [1.82, 2.24) is 15.5 Å². The smallest absolute Gasteiger partial charge is 0.314 e. The molecule has 2 amide bonds. The maximum absolute atomic E-state index is 11.7. The van der Waals surface area contributed by atoms with Crippen LogP contribution in [0.4, 0.5) is 4.79 Å². The predicted molar refractivity (Wildman–Crippen MR) is 81.7 cm³/mol. The molecule has 3 N–H and O–H groups in total. The molecule has 0 saturated heterocycles. The summed E-state index contributed by atoms with van der Waals surface area (Å²) in [4.78, 5) is 13.9. The lowest BCUT2D eigenvalue weighted by molar-refractivity contribution is 0.101. The number of aliphatic hydroxyl groups excluding tert-OH is 1. The molecule has 0 aromatic rings. The Balaban J connectivity index is 2.08. The van der Waals surface area contributed by atoms with E-state index >= 15 is 0 Å². The van der Waals surface area contributed by atoms with Crippen LogP contribution in [-0.2, 0) is 0 Å². The predicted octanol–water partition coefficient (Wildman–Crippen LogP) is 1.57. The van der Waals surface area contributed by atoms with E-state index in [0.29, 0.717) is 25.0 Å². The molecular weight excluding hydrogens is 254 g/mol. The Hall–Kier alpha value is -0.810. The average Bonchev–Trinajstić information content (AvgIpc) is 2.44. The SMILES string of the molecule is CCC(C)N(C)CCNC(=O)NCC1CCCC(O)C1. The van der Waals surface area contributed by atoms with E-state index in [1.54, 1.807) is 0 Å². The standard InChI is InChI=1S/C15H31N3O2/c1-4-12(2)18(3)9-8-16-15(20)17-11-13-6-5-7-14(19)10-13/h12-14,19H,4-11H2,1-3H3,(H2,16,17,20). The first kappa shape index (κ1) is 17.2. The third kappa shape index (κ3) is 6.57. The van der Waals surface area contributed by atoms with Crippen LogP contribution in [0, 0.1) is 5.92 Å². The van der Waals surface area contributed by atoms with Crippen LogP contribution < -0.4 is 10.6 Å². The maximum atomic E-state index is 11.7. The summed E-state index contributed by atoms with van der Waals surface area (Å²) in [5.41, 5.74) is 0. The van der Waals surface area contributed by atoms with E-state index in [1.807, 2.05) is 0 Å². The van der Waals surface area contributed by atoms with Crippen LogP contribution in [-0.4, -0.2) is 54.9 Å². The molecule has 0 aliphatic heterocycles. The van der Waals surface area contributed by atoms with Crippen molar-refractivity contribution in [3.05, 3.63) is 0 Å². The monoisotopic (exact) mass is 285 g/mol. The van der Waals surface area contributed by atoms with Gasteiger partial charge < -0.3 is 20.6 Å². The largest absolute Gasteiger partial charge is 0.393 e. The molecule has 1 fully saturated rings. The highest BCUT2D eigenvalue weighted by molar-refractivity contribution is 5.73. The zero-order chi connectivity index (χ0) is 15.0. The van der Waals surface area contributed by atoms with Gasteiger partial charge in [0.1, 0.15) is 0 Å². The van der Waals surface area contributed by atoms with Crippen LogP contribution in [0.25, 0.3) is 0 Å². The van der Waals surface area contributed by atoms with Crippen molar-refractivity contribution in [3.63, 3.8) is 0 Å². The fourth-order valence-electron chi connectivity index (χ4n) is 2.63. The zero-order valence-electron chi connectivity index (χ0n) is 13.2. The van der Waals surface area contributed by atoms with Gasteiger partial charge in [-0.1, -0.05) is 13.3 Å². The highest BCUT2D eigenvalue weighted by Crippen LogP contribution is 2.23. The Morgan fingerprint density at radius 3 is 2.80 bits per heavy atom. The number of aliphatic hydroxyl groups is 1. The number of carbonyl (C=O) groups excluding carboxylic acids is 1. The van der Waals surface area contributed by atoms with Crippen molar-refractivity contribution < 1.29 is 9.90 Å². The Morgan fingerprint density at radius 1 is 1.40 bits per heavy atom. The Morgan fingerprint density at radius 2 is 2.15 bits per heavy atom. The summed E-state index contributed by atoms with van der Waals surface area (Å²) in [5, 5.41) is 15.4. The third-order valence-electron chi connectivity index (χ3n) is 4.40. The van der Waals surface area contributed by atoms with Crippen molar-refractivity contribution in [2.75, 3.05) is 26.7 Å². The summed E-state index contributed by atoms with van der Waals surface area (Å²) in [6.45, 7) is 6.56. The minimum absolute atomic E-state index is 0.0948. The first-order valence-corrected chi connectivity index (χ1v) is 7.93. The van der Waals surface area contributed by atoms with Crippen LogP contribution in [0.2, 0.25) is 0 Å². The lowest BCUT2D eigenvalue weighted by atomic mass is 9.87. The number of hydrogen-bond donors (Lipinski definition) is 3. The molecule has 0 bridgehead atoms. The summed E-state index contributed by atoms with van der Waals surface area (Å²) in [5.74, 6) is 0.423. The summed E-state index contributed by atoms with van der Waals surface area (Å²) in [7, 11) is 2.08. The molecule has 0 spiro atoms. The Bertz CT molecular complexity index is 286. The van der Waals surface area contributed by atoms with Gasteiger partial charge in [-0.3, -0.25) is 0 Å². The van der Waals surface area contributed by atoms with Gasteiger partial charge in [-0.05, 0) is 45.6 Å². The number of amides is 2. The van der Waals surface area contributed by atoms with Gasteiger partial charge in [-0.25, -0.2) is 4.79 Å². The first-order chi connectivity index (χ1) is 9.52. The normalized spacial score (nSPS) is 24.4. The quantitative estimate of drug-likeness (QED) is 0.665. The molecule has 1 rings (SSSR count). The molecule has 3 unspecified atom stereocenters. The summed E-state index contributed by atoms with van der Waals surface area (Å²) >= 11 is 0. The van der Waals surface area contributed by atoms with Crippen molar-refractivity contribution >= 4 is 6.03 Å². The molecular formula is C15H31N3O2. The van der Waals surface area contributed by atoms with Crippen molar-refractivity contribution in [2.24, 2.45) is 5.92 Å². The van der Waals surface area contributed by atoms with Crippen molar-refractivity contribution in [1.29, 1.82) is 0 Å². The van der Waals surface area contributed by atoms with Gasteiger partial charge in [-0.15, -0.1) is 0 Å². The van der Waals surface area contributed by atoms with Gasteiger partial charge >= 0.3 is 6.03 Å². The Labute approximate surface area is 123 Å². The van der Waals surface area contributed by atoms with E-state index < -0.39 is 0 Å². The highest BCUT2D eigenvalue weighted by Gasteiger charge is 2.20. The highest BCUT2D eigenvalue weighted by atomic mass is 16.3. The molecule has 1 aliphatic rings. The van der Waals surface area contributed by atoms with Gasteiger partial charge in [0.15, 0.2) is 0 Å². The number of rotatable bonds is 7. The average molecular weight is 285 g/mol. The van der Waals surface area contributed by atoms with Gasteiger partial charge in [0.05, 0.1) is 6.10 Å². The number of nitrogens with one attached hydrogen (secondary N) is 2. The van der Waals surface area contributed by atoms with Gasteiger partial charge in [0, 0.05) is 25.7 Å². The van der Waals surface area contributed by atoms with E-state index in [9.17, 15) is 9.90 Å². The van der Waals surface area contributed by atoms with Crippen LogP contribution in [0.3, 0.4) is 0 Å². The van der Waals surface area contributed by atoms with E-state index in [4.69, 9.17) is 0 Å². The van der Waals surface area contributed by atoms with Gasteiger partial charge in [-0.2, -0.15) is 0 Å². The molecule has 0 aromatic heterocycles. The fraction of sp³-hybridized carbons (Fsp3) is 0.933. The number of hydrogen-bond acceptors (Lipinski definition) is 3. The lowest BCUT2D eigenvalue weighted by Gasteiger charge is -2.26. The molecule has 0 radical (unpaired) electrons. The zero-order valence-corrected chi connectivity index (χ0v) is 13.2. The molecule has 20 heavy (non-hydrogen) atoms. The van der Waals surface area contributed by atoms with Gasteiger partial charge in [0.25, 0.3) is 0 Å². The molecule has 118 valence electrons. The number of nitrogens with zero attached hydrogens (tertiary/aromatic N) is 1. The van der Waals surface area contributed by atoms with Crippen LogP contribution in [0.15, 0.2) is 0 Å². The maximum Gasteiger partial charge on any atom is 0.314 e. The number of likely N-dealkylation sites (N-methyl/N-ethyl adjacent to an activating group) is 1. The molecule has 5 heteroatoms. The second-order valence-electron chi connectivity index (χ2n) is 6.06. The minimum Gasteiger partial charge on any atom is -0.393 e. The van der Waals surface area contributed by atoms with Gasteiger partial charge in [0.2, 0.25) is 0 Å². The van der Waals surface area contributed by atoms with E-state index in [2.05, 4.69) is 36.4 Å². The van der Waals surface area contributed by atoms with E-state index in [0.717, 1.165) is 38.6 Å². The van der Waals surface area contributed by atoms with Crippen molar-refractivity contribution in [2.45, 2.75) is 58.1 Å². The van der Waals surface area contributed by atoms with E-state index in [-0.39, 0.29) is 12.1 Å². The summed E-state index contributed by atoms with van der Waals surface area (Å²) < 4.78 is 0. The molecule has 3 atom stereocenters. The van der Waals surface area contributed by atoms with Crippen LogP contribution in [0.5, 0.6) is 0 Å². The molecule has 0 aromatic carbocycles. The lowest BCUT2D eigenvalue weighted by Crippen LogP contribution is -2.43. The van der Waals surface area contributed by atoms with Crippen LogP contribution in [0.1, 0.15) is 46.0 Å². The molecule has 0 heterocycles. The minimum atomic E-state index is -0.178. The third-order valence-corrected chi connectivity index (χ3v) is 4.40. The number of urea groups is 1. The topological polar surface area (TPSA) is 64.6 Å². The molecule has 1 saturated carbocycles. The molecule has 1 aliphatic carbocycles. The Kier molecular flexibility index (Phi) is 7.92. The summed E-state index contributed by atoms with van der Waals surface area (Å²) in [6.07, 6.45) is 4.83. The second-order valence-corrected chi connectivity index (χ2v) is 6.06. The number of carbonyl (C=O) groups is 1. The van der Waals surface area contributed by atoms with E-state index in [1.165, 1.54) is 0 Å². The molecule has 5 nitrogen and oxygen atoms in total. The second kappa shape index (κ2) is 9.19. The van der Waals surface area contributed by atoms with Crippen molar-refractivity contribution in [3.8, 4) is 0 Å². The van der Waals surface area contributed by atoms with Crippen LogP contribution >= 0.6 is 0 Å². The first-order valence-electron chi connectivity index (χ1n) is 7.93.